The largest absolute Gasteiger partial charge is 0.394 e. The number of aliphatic hydroxyl groups excluding tert-OH is 3. The Labute approximate surface area is 440 Å². The monoisotopic (exact) mass is 988 g/mol. The van der Waals surface area contributed by atoms with Gasteiger partial charge in [-0.05, 0) is 19.3 Å². The molecular formula is C65H129NO4. The quantitative estimate of drug-likeness (QED) is 0.0361. The maximum Gasteiger partial charge on any atom is 0.249 e. The SMILES string of the molecule is CCCCCCCCCCCCCCCCCCCC/C=C/C(O)C(CO)NC(=O)C(O)CCCCCCCCCCCCCCCCCCCCCCCCCCCCCCCCCCCCCC. The first-order chi connectivity index (χ1) is 34.6. The Morgan fingerprint density at radius 2 is 0.557 bits per heavy atom. The zero-order chi connectivity index (χ0) is 50.7. The minimum atomic E-state index is -1.09. The van der Waals surface area contributed by atoms with Gasteiger partial charge in [0.2, 0.25) is 5.91 Å². The number of carbonyl (C=O) groups is 1. The lowest BCUT2D eigenvalue weighted by Gasteiger charge is -2.21. The van der Waals surface area contributed by atoms with E-state index in [2.05, 4.69) is 19.2 Å². The highest BCUT2D eigenvalue weighted by Gasteiger charge is 2.22. The normalized spacial score (nSPS) is 13.2. The summed E-state index contributed by atoms with van der Waals surface area (Å²) in [6, 6.07) is -0.795. The fourth-order valence-electron chi connectivity index (χ4n) is 10.6. The van der Waals surface area contributed by atoms with E-state index in [4.69, 9.17) is 0 Å². The molecule has 0 aliphatic carbocycles. The zero-order valence-electron chi connectivity index (χ0n) is 47.9. The van der Waals surface area contributed by atoms with Gasteiger partial charge in [0, 0.05) is 0 Å². The molecule has 0 aromatic carbocycles. The van der Waals surface area contributed by atoms with E-state index in [-0.39, 0.29) is 6.61 Å². The van der Waals surface area contributed by atoms with E-state index in [1.165, 1.54) is 321 Å². The topological polar surface area (TPSA) is 89.8 Å². The highest BCUT2D eigenvalue weighted by Crippen LogP contribution is 2.19. The van der Waals surface area contributed by atoms with Gasteiger partial charge < -0.3 is 20.6 Å². The fourth-order valence-corrected chi connectivity index (χ4v) is 10.6. The van der Waals surface area contributed by atoms with Gasteiger partial charge in [-0.2, -0.15) is 0 Å². The molecule has 0 radical (unpaired) electrons. The number of allylic oxidation sites excluding steroid dienone is 1. The van der Waals surface area contributed by atoms with Crippen molar-refractivity contribution in [1.82, 2.24) is 5.32 Å². The summed E-state index contributed by atoms with van der Waals surface area (Å²) in [6.07, 6.45) is 77.7. The van der Waals surface area contributed by atoms with Gasteiger partial charge in [-0.3, -0.25) is 4.79 Å². The second-order valence-corrected chi connectivity index (χ2v) is 22.7. The van der Waals surface area contributed by atoms with Crippen LogP contribution in [0.1, 0.15) is 373 Å². The zero-order valence-corrected chi connectivity index (χ0v) is 47.9. The van der Waals surface area contributed by atoms with Gasteiger partial charge in [0.05, 0.1) is 18.8 Å². The first kappa shape index (κ1) is 69.1. The van der Waals surface area contributed by atoms with Gasteiger partial charge in [-0.15, -0.1) is 0 Å². The third-order valence-corrected chi connectivity index (χ3v) is 15.6. The number of aliphatic hydroxyl groups is 3. The van der Waals surface area contributed by atoms with E-state index in [0.717, 1.165) is 32.1 Å². The first-order valence-corrected chi connectivity index (χ1v) is 32.5. The second-order valence-electron chi connectivity index (χ2n) is 22.7. The molecule has 1 amide bonds. The van der Waals surface area contributed by atoms with Crippen LogP contribution >= 0.6 is 0 Å². The summed E-state index contributed by atoms with van der Waals surface area (Å²) < 4.78 is 0. The van der Waals surface area contributed by atoms with Crippen LogP contribution in [0.5, 0.6) is 0 Å². The van der Waals surface area contributed by atoms with E-state index in [9.17, 15) is 20.1 Å². The molecular weight excluding hydrogens is 859 g/mol. The van der Waals surface area contributed by atoms with E-state index >= 15 is 0 Å². The van der Waals surface area contributed by atoms with Crippen molar-refractivity contribution in [3.8, 4) is 0 Å². The van der Waals surface area contributed by atoms with Crippen molar-refractivity contribution in [2.75, 3.05) is 6.61 Å². The van der Waals surface area contributed by atoms with E-state index in [0.29, 0.717) is 6.42 Å². The van der Waals surface area contributed by atoms with Crippen LogP contribution in [0.15, 0.2) is 12.2 Å². The fraction of sp³-hybridized carbons (Fsp3) is 0.954. The van der Waals surface area contributed by atoms with Crippen molar-refractivity contribution in [2.24, 2.45) is 0 Å². The van der Waals surface area contributed by atoms with Crippen LogP contribution in [0.2, 0.25) is 0 Å². The lowest BCUT2D eigenvalue weighted by Crippen LogP contribution is -2.48. The van der Waals surface area contributed by atoms with Crippen LogP contribution in [0.25, 0.3) is 0 Å². The molecule has 0 fully saturated rings. The molecule has 0 aromatic rings. The van der Waals surface area contributed by atoms with Crippen molar-refractivity contribution < 1.29 is 20.1 Å². The van der Waals surface area contributed by atoms with Gasteiger partial charge in [0.25, 0.3) is 0 Å². The molecule has 0 saturated carbocycles. The molecule has 3 atom stereocenters. The Morgan fingerprint density at radius 3 is 0.786 bits per heavy atom. The molecule has 0 spiro atoms. The van der Waals surface area contributed by atoms with Crippen molar-refractivity contribution in [2.45, 2.75) is 392 Å². The van der Waals surface area contributed by atoms with Crippen LogP contribution in [-0.2, 0) is 4.79 Å². The molecule has 70 heavy (non-hydrogen) atoms. The number of nitrogens with one attached hydrogen (secondary N) is 1. The number of amides is 1. The van der Waals surface area contributed by atoms with Gasteiger partial charge >= 0.3 is 0 Å². The molecule has 418 valence electrons. The van der Waals surface area contributed by atoms with Crippen molar-refractivity contribution in [3.05, 3.63) is 12.2 Å². The van der Waals surface area contributed by atoms with Gasteiger partial charge in [0.15, 0.2) is 0 Å². The van der Waals surface area contributed by atoms with Crippen molar-refractivity contribution in [3.63, 3.8) is 0 Å². The number of hydrogen-bond acceptors (Lipinski definition) is 4. The standard InChI is InChI=1S/C65H129NO4/c1-3-5-7-9-11-13-15-17-19-21-23-25-26-27-28-29-30-31-32-33-34-35-36-37-38-39-40-42-44-46-48-50-52-54-56-58-60-64(69)65(70)66-62(61-67)63(68)59-57-55-53-51-49-47-45-43-41-24-22-20-18-16-14-12-10-8-6-4-2/h57,59,62-64,67-69H,3-56,58,60-61H2,1-2H3,(H,66,70)/b59-57+. The first-order valence-electron chi connectivity index (χ1n) is 32.5. The van der Waals surface area contributed by atoms with Crippen LogP contribution in [0, 0.1) is 0 Å². The second kappa shape index (κ2) is 60.6. The summed E-state index contributed by atoms with van der Waals surface area (Å²) in [6.45, 7) is 4.23. The number of unbranched alkanes of at least 4 members (excludes halogenated alkanes) is 53. The average Bonchev–Trinajstić information content (AvgIpc) is 3.36. The Hall–Kier alpha value is -0.910. The minimum absolute atomic E-state index is 0.358. The molecule has 0 aliphatic rings. The Kier molecular flexibility index (Phi) is 59.9. The van der Waals surface area contributed by atoms with Crippen LogP contribution in [0.4, 0.5) is 0 Å². The molecule has 0 heterocycles. The van der Waals surface area contributed by atoms with E-state index in [1.54, 1.807) is 6.08 Å². The van der Waals surface area contributed by atoms with Gasteiger partial charge in [0.1, 0.15) is 6.10 Å². The molecule has 0 bridgehead atoms. The summed E-state index contributed by atoms with van der Waals surface area (Å²) in [5.41, 5.74) is 0. The minimum Gasteiger partial charge on any atom is -0.394 e. The van der Waals surface area contributed by atoms with Crippen LogP contribution < -0.4 is 5.32 Å². The van der Waals surface area contributed by atoms with Crippen LogP contribution in [-0.4, -0.2) is 46.1 Å². The molecule has 0 aliphatic heterocycles. The summed E-state index contributed by atoms with van der Waals surface area (Å²) in [5.74, 6) is -0.494. The molecule has 5 heteroatoms. The molecule has 0 rings (SSSR count). The Balaban J connectivity index is 3.45. The van der Waals surface area contributed by atoms with Crippen molar-refractivity contribution in [1.29, 1.82) is 0 Å². The summed E-state index contributed by atoms with van der Waals surface area (Å²) in [5, 5.41) is 33.5. The highest BCUT2D eigenvalue weighted by molar-refractivity contribution is 5.80. The average molecular weight is 989 g/mol. The van der Waals surface area contributed by atoms with Gasteiger partial charge in [-0.25, -0.2) is 0 Å². The lowest BCUT2D eigenvalue weighted by molar-refractivity contribution is -0.131. The predicted octanol–water partition coefficient (Wildman–Crippen LogP) is 20.6. The smallest absolute Gasteiger partial charge is 0.249 e. The number of carbonyl (C=O) groups excluding carboxylic acids is 1. The summed E-state index contributed by atoms with van der Waals surface area (Å²) in [4.78, 5) is 12.6. The third kappa shape index (κ3) is 54.9. The van der Waals surface area contributed by atoms with Gasteiger partial charge in [-0.1, -0.05) is 366 Å². The van der Waals surface area contributed by atoms with E-state index < -0.39 is 24.2 Å². The Morgan fingerprint density at radius 1 is 0.343 bits per heavy atom. The molecule has 4 N–H and O–H groups in total. The van der Waals surface area contributed by atoms with Crippen LogP contribution in [0.3, 0.4) is 0 Å². The lowest BCUT2D eigenvalue weighted by atomic mass is 10.0. The predicted molar refractivity (Wildman–Crippen MR) is 310 cm³/mol. The summed E-state index contributed by atoms with van der Waals surface area (Å²) >= 11 is 0. The summed E-state index contributed by atoms with van der Waals surface area (Å²) in [7, 11) is 0. The maximum absolute atomic E-state index is 12.6. The molecule has 0 aromatic heterocycles. The maximum atomic E-state index is 12.6. The molecule has 5 nitrogen and oxygen atoms in total. The van der Waals surface area contributed by atoms with E-state index in [1.807, 2.05) is 6.08 Å². The number of hydrogen-bond donors (Lipinski definition) is 4. The third-order valence-electron chi connectivity index (χ3n) is 15.6. The van der Waals surface area contributed by atoms with Crippen molar-refractivity contribution >= 4 is 5.91 Å². The molecule has 3 unspecified atom stereocenters. The number of rotatable bonds is 61. The molecule has 0 saturated heterocycles. The highest BCUT2D eigenvalue weighted by atomic mass is 16.3. The Bertz CT molecular complexity index is 1000.